The number of halogens is 1. The SMILES string of the molecule is COc1ccc(C2(CO)CCN(C)CC2)cc1Cl. The lowest BCUT2D eigenvalue weighted by Gasteiger charge is -2.40. The standard InChI is InChI=1S/C14H20ClNO2/c1-16-7-5-14(10-17,6-8-16)11-3-4-13(18-2)12(15)9-11/h3-4,9,17H,5-8,10H2,1-2H3. The third-order valence-electron chi connectivity index (χ3n) is 4.01. The van der Waals surface area contributed by atoms with Crippen molar-refractivity contribution in [2.45, 2.75) is 18.3 Å². The molecule has 0 radical (unpaired) electrons. The summed E-state index contributed by atoms with van der Waals surface area (Å²) in [6.45, 7) is 2.18. The Bertz CT molecular complexity index is 414. The minimum Gasteiger partial charge on any atom is -0.495 e. The quantitative estimate of drug-likeness (QED) is 0.914. The highest BCUT2D eigenvalue weighted by molar-refractivity contribution is 6.32. The van der Waals surface area contributed by atoms with Crippen LogP contribution in [-0.2, 0) is 5.41 Å². The Balaban J connectivity index is 2.30. The number of aliphatic hydroxyl groups excluding tert-OH is 1. The topological polar surface area (TPSA) is 32.7 Å². The molecule has 0 saturated carbocycles. The number of ether oxygens (including phenoxy) is 1. The first-order valence-corrected chi connectivity index (χ1v) is 6.62. The van der Waals surface area contributed by atoms with Crippen LogP contribution in [0, 0.1) is 0 Å². The van der Waals surface area contributed by atoms with Gasteiger partial charge in [-0.2, -0.15) is 0 Å². The predicted octanol–water partition coefficient (Wildman–Crippen LogP) is 2.30. The molecule has 1 aliphatic rings. The Labute approximate surface area is 113 Å². The summed E-state index contributed by atoms with van der Waals surface area (Å²) in [6.07, 6.45) is 1.92. The summed E-state index contributed by atoms with van der Waals surface area (Å²) < 4.78 is 5.17. The molecule has 1 fully saturated rings. The van der Waals surface area contributed by atoms with Crippen molar-refractivity contribution in [3.63, 3.8) is 0 Å². The van der Waals surface area contributed by atoms with Crippen LogP contribution in [0.15, 0.2) is 18.2 Å². The van der Waals surface area contributed by atoms with Gasteiger partial charge in [-0.3, -0.25) is 0 Å². The number of aliphatic hydroxyl groups is 1. The van der Waals surface area contributed by atoms with Crippen molar-refractivity contribution in [2.75, 3.05) is 33.9 Å². The number of nitrogens with zero attached hydrogens (tertiary/aromatic N) is 1. The van der Waals surface area contributed by atoms with Gasteiger partial charge in [0.15, 0.2) is 0 Å². The van der Waals surface area contributed by atoms with Gasteiger partial charge in [-0.15, -0.1) is 0 Å². The first-order valence-electron chi connectivity index (χ1n) is 6.25. The van der Waals surface area contributed by atoms with Crippen LogP contribution >= 0.6 is 11.6 Å². The van der Waals surface area contributed by atoms with Gasteiger partial charge in [0, 0.05) is 5.41 Å². The number of benzene rings is 1. The van der Waals surface area contributed by atoms with Gasteiger partial charge in [0.05, 0.1) is 18.7 Å². The van der Waals surface area contributed by atoms with Gasteiger partial charge in [0.25, 0.3) is 0 Å². The van der Waals surface area contributed by atoms with Gasteiger partial charge in [-0.1, -0.05) is 17.7 Å². The third kappa shape index (κ3) is 2.48. The van der Waals surface area contributed by atoms with E-state index in [0.29, 0.717) is 10.8 Å². The van der Waals surface area contributed by atoms with Gasteiger partial charge < -0.3 is 14.7 Å². The van der Waals surface area contributed by atoms with E-state index in [9.17, 15) is 5.11 Å². The Morgan fingerprint density at radius 3 is 2.56 bits per heavy atom. The number of piperidine rings is 1. The molecule has 1 N–H and O–H groups in total. The zero-order chi connectivity index (χ0) is 13.2. The van der Waals surface area contributed by atoms with E-state index in [0.717, 1.165) is 31.5 Å². The van der Waals surface area contributed by atoms with Gasteiger partial charge in [0.2, 0.25) is 0 Å². The molecule has 0 amide bonds. The van der Waals surface area contributed by atoms with Crippen molar-refractivity contribution in [3.05, 3.63) is 28.8 Å². The maximum absolute atomic E-state index is 9.81. The molecule has 1 aliphatic heterocycles. The normalized spacial score (nSPS) is 19.8. The van der Waals surface area contributed by atoms with Crippen LogP contribution in [0.4, 0.5) is 0 Å². The Hall–Kier alpha value is -0.770. The molecule has 0 atom stereocenters. The average molecular weight is 270 g/mol. The smallest absolute Gasteiger partial charge is 0.137 e. The molecular weight excluding hydrogens is 250 g/mol. The highest BCUT2D eigenvalue weighted by atomic mass is 35.5. The predicted molar refractivity (Wildman–Crippen MR) is 73.5 cm³/mol. The van der Waals surface area contributed by atoms with Crippen LogP contribution in [0.5, 0.6) is 5.75 Å². The molecule has 18 heavy (non-hydrogen) atoms. The van der Waals surface area contributed by atoms with Gasteiger partial charge >= 0.3 is 0 Å². The Morgan fingerprint density at radius 1 is 1.39 bits per heavy atom. The van der Waals surface area contributed by atoms with Crippen LogP contribution in [0.2, 0.25) is 5.02 Å². The summed E-state index contributed by atoms with van der Waals surface area (Å²) >= 11 is 6.18. The number of rotatable bonds is 3. The fraction of sp³-hybridized carbons (Fsp3) is 0.571. The molecule has 4 heteroatoms. The van der Waals surface area contributed by atoms with Crippen molar-refractivity contribution in [3.8, 4) is 5.75 Å². The summed E-state index contributed by atoms with van der Waals surface area (Å²) in [5.41, 5.74) is 0.964. The van der Waals surface area contributed by atoms with E-state index in [1.54, 1.807) is 7.11 Å². The van der Waals surface area contributed by atoms with Crippen LogP contribution in [-0.4, -0.2) is 43.9 Å². The van der Waals surface area contributed by atoms with Crippen LogP contribution < -0.4 is 4.74 Å². The van der Waals surface area contributed by atoms with Crippen LogP contribution in [0.1, 0.15) is 18.4 Å². The highest BCUT2D eigenvalue weighted by Crippen LogP contribution is 2.38. The van der Waals surface area contributed by atoms with Crippen molar-refractivity contribution in [1.29, 1.82) is 0 Å². The van der Waals surface area contributed by atoms with E-state index in [4.69, 9.17) is 16.3 Å². The second-order valence-electron chi connectivity index (χ2n) is 5.09. The lowest BCUT2D eigenvalue weighted by atomic mass is 9.73. The summed E-state index contributed by atoms with van der Waals surface area (Å²) in [4.78, 5) is 2.29. The largest absolute Gasteiger partial charge is 0.495 e. The van der Waals surface area contributed by atoms with Gasteiger partial charge in [0.1, 0.15) is 5.75 Å². The highest BCUT2D eigenvalue weighted by Gasteiger charge is 2.35. The summed E-state index contributed by atoms with van der Waals surface area (Å²) in [5.74, 6) is 0.682. The van der Waals surface area contributed by atoms with Crippen molar-refractivity contribution in [1.82, 2.24) is 4.90 Å². The first-order chi connectivity index (χ1) is 8.61. The fourth-order valence-electron chi connectivity index (χ4n) is 2.58. The molecule has 0 aromatic heterocycles. The second-order valence-corrected chi connectivity index (χ2v) is 5.50. The van der Waals surface area contributed by atoms with Crippen molar-refractivity contribution < 1.29 is 9.84 Å². The number of hydrogen-bond acceptors (Lipinski definition) is 3. The maximum Gasteiger partial charge on any atom is 0.137 e. The summed E-state index contributed by atoms with van der Waals surface area (Å²) in [6, 6.07) is 5.83. The summed E-state index contributed by atoms with van der Waals surface area (Å²) in [7, 11) is 3.72. The fourth-order valence-corrected chi connectivity index (χ4v) is 2.84. The molecule has 1 heterocycles. The third-order valence-corrected chi connectivity index (χ3v) is 4.31. The van der Waals surface area contributed by atoms with E-state index in [-0.39, 0.29) is 12.0 Å². The molecule has 0 spiro atoms. The molecule has 1 aromatic carbocycles. The van der Waals surface area contributed by atoms with E-state index in [1.807, 2.05) is 18.2 Å². The zero-order valence-corrected chi connectivity index (χ0v) is 11.7. The Kier molecular flexibility index (Phi) is 4.15. The molecule has 2 rings (SSSR count). The molecule has 3 nitrogen and oxygen atoms in total. The lowest BCUT2D eigenvalue weighted by molar-refractivity contribution is 0.114. The first kappa shape index (κ1) is 13.7. The van der Waals surface area contributed by atoms with E-state index in [2.05, 4.69) is 11.9 Å². The van der Waals surface area contributed by atoms with E-state index < -0.39 is 0 Å². The molecule has 1 aromatic rings. The monoisotopic (exact) mass is 269 g/mol. The number of methoxy groups -OCH3 is 1. The van der Waals surface area contributed by atoms with E-state index in [1.165, 1.54) is 0 Å². The van der Waals surface area contributed by atoms with Crippen molar-refractivity contribution in [2.24, 2.45) is 0 Å². The van der Waals surface area contributed by atoms with Gasteiger partial charge in [-0.05, 0) is 50.7 Å². The number of likely N-dealkylation sites (tertiary alicyclic amines) is 1. The number of hydrogen-bond donors (Lipinski definition) is 1. The van der Waals surface area contributed by atoms with Crippen LogP contribution in [0.3, 0.4) is 0 Å². The molecule has 1 saturated heterocycles. The molecular formula is C14H20ClNO2. The van der Waals surface area contributed by atoms with E-state index >= 15 is 0 Å². The van der Waals surface area contributed by atoms with Crippen LogP contribution in [0.25, 0.3) is 0 Å². The van der Waals surface area contributed by atoms with Gasteiger partial charge in [-0.25, -0.2) is 0 Å². The minimum absolute atomic E-state index is 0.150. The average Bonchev–Trinajstić information content (AvgIpc) is 2.40. The summed E-state index contributed by atoms with van der Waals surface area (Å²) in [5, 5.41) is 10.4. The van der Waals surface area contributed by atoms with Crippen molar-refractivity contribution >= 4 is 11.6 Å². The second kappa shape index (κ2) is 5.47. The zero-order valence-electron chi connectivity index (χ0n) is 10.9. The molecule has 0 unspecified atom stereocenters. The Morgan fingerprint density at radius 2 is 2.06 bits per heavy atom. The molecule has 100 valence electrons. The molecule has 0 bridgehead atoms. The maximum atomic E-state index is 9.81. The molecule has 0 aliphatic carbocycles. The lowest BCUT2D eigenvalue weighted by Crippen LogP contribution is -2.43. The minimum atomic E-state index is -0.150.